The van der Waals surface area contributed by atoms with Crippen molar-refractivity contribution in [3.8, 4) is 0 Å². The molecule has 0 aliphatic heterocycles. The molecule has 0 radical (unpaired) electrons. The zero-order chi connectivity index (χ0) is 14.6. The first-order valence-corrected chi connectivity index (χ1v) is 6.89. The Morgan fingerprint density at radius 2 is 2.05 bits per heavy atom. The molecule has 0 aliphatic carbocycles. The van der Waals surface area contributed by atoms with Crippen molar-refractivity contribution in [2.24, 2.45) is 0 Å². The van der Waals surface area contributed by atoms with E-state index in [4.69, 9.17) is 11.6 Å². The van der Waals surface area contributed by atoms with Gasteiger partial charge in [-0.3, -0.25) is 4.79 Å². The van der Waals surface area contributed by atoms with E-state index in [1.165, 1.54) is 0 Å². The number of anilines is 1. The first kappa shape index (κ1) is 15.8. The van der Waals surface area contributed by atoms with Gasteiger partial charge < -0.3 is 10.2 Å². The largest absolute Gasteiger partial charge is 0.370 e. The Morgan fingerprint density at radius 3 is 2.58 bits per heavy atom. The molecule has 0 fully saturated rings. The summed E-state index contributed by atoms with van der Waals surface area (Å²) in [6, 6.07) is 3.34. The molecule has 0 aromatic carbocycles. The van der Waals surface area contributed by atoms with Gasteiger partial charge in [0.05, 0.1) is 0 Å². The third kappa shape index (κ3) is 3.83. The first-order chi connectivity index (χ1) is 8.81. The predicted molar refractivity (Wildman–Crippen MR) is 79.9 cm³/mol. The minimum Gasteiger partial charge on any atom is -0.370 e. The van der Waals surface area contributed by atoms with Crippen LogP contribution in [0.4, 0.5) is 5.82 Å². The summed E-state index contributed by atoms with van der Waals surface area (Å²) < 4.78 is 0. The van der Waals surface area contributed by atoms with Gasteiger partial charge in [0.25, 0.3) is 5.91 Å². The van der Waals surface area contributed by atoms with Crippen molar-refractivity contribution >= 4 is 23.3 Å². The van der Waals surface area contributed by atoms with Crippen molar-refractivity contribution in [3.63, 3.8) is 0 Å². The van der Waals surface area contributed by atoms with E-state index in [2.05, 4.69) is 17.2 Å². The Morgan fingerprint density at radius 1 is 1.42 bits per heavy atom. The molecular weight excluding hydrogens is 262 g/mol. The van der Waals surface area contributed by atoms with E-state index < -0.39 is 0 Å². The van der Waals surface area contributed by atoms with Gasteiger partial charge in [-0.05, 0) is 39.3 Å². The lowest BCUT2D eigenvalue weighted by atomic mass is 9.99. The second kappa shape index (κ2) is 6.24. The first-order valence-electron chi connectivity index (χ1n) is 6.51. The molecule has 106 valence electrons. The van der Waals surface area contributed by atoms with Crippen LogP contribution in [0.3, 0.4) is 0 Å². The molecule has 5 heteroatoms. The van der Waals surface area contributed by atoms with Crippen LogP contribution < -0.4 is 5.32 Å². The van der Waals surface area contributed by atoms with E-state index in [0.29, 0.717) is 16.5 Å². The fraction of sp³-hybridized carbons (Fsp3) is 0.571. The number of hydrogen-bond acceptors (Lipinski definition) is 3. The summed E-state index contributed by atoms with van der Waals surface area (Å²) in [6.07, 6.45) is 0.883. The summed E-state index contributed by atoms with van der Waals surface area (Å²) in [5.41, 5.74) is 0.366. The highest BCUT2D eigenvalue weighted by molar-refractivity contribution is 6.29. The van der Waals surface area contributed by atoms with Gasteiger partial charge in [0.1, 0.15) is 11.0 Å². The topological polar surface area (TPSA) is 45.2 Å². The summed E-state index contributed by atoms with van der Waals surface area (Å²) in [5, 5.41) is 3.39. The fourth-order valence-corrected chi connectivity index (χ4v) is 1.81. The van der Waals surface area contributed by atoms with Gasteiger partial charge in [-0.1, -0.05) is 18.5 Å². The Kier molecular flexibility index (Phi) is 5.18. The minimum absolute atomic E-state index is 0.0460. The second-order valence-electron chi connectivity index (χ2n) is 5.12. The molecule has 1 N–H and O–H groups in total. The summed E-state index contributed by atoms with van der Waals surface area (Å²) >= 11 is 5.96. The zero-order valence-electron chi connectivity index (χ0n) is 12.2. The minimum atomic E-state index is -0.189. The molecule has 0 saturated carbocycles. The molecule has 1 aromatic rings. The van der Waals surface area contributed by atoms with Crippen LogP contribution in [0.15, 0.2) is 12.1 Å². The zero-order valence-corrected chi connectivity index (χ0v) is 13.0. The molecule has 1 aromatic heterocycles. The van der Waals surface area contributed by atoms with Gasteiger partial charge in [-0.25, -0.2) is 4.98 Å². The number of pyridine rings is 1. The normalized spacial score (nSPS) is 11.3. The quantitative estimate of drug-likeness (QED) is 0.842. The van der Waals surface area contributed by atoms with E-state index in [1.807, 2.05) is 27.8 Å². The van der Waals surface area contributed by atoms with E-state index in [0.717, 1.165) is 13.0 Å². The Bertz CT molecular complexity index is 460. The summed E-state index contributed by atoms with van der Waals surface area (Å²) in [7, 11) is 1.81. The molecule has 0 atom stereocenters. The van der Waals surface area contributed by atoms with Crippen LogP contribution in [-0.4, -0.2) is 34.9 Å². The predicted octanol–water partition coefficient (Wildman–Crippen LogP) is 3.43. The number of rotatable bonds is 5. The molecule has 1 rings (SSSR count). The lowest BCUT2D eigenvalue weighted by Gasteiger charge is -2.35. The van der Waals surface area contributed by atoms with Crippen LogP contribution in [0.2, 0.25) is 5.15 Å². The number of halogens is 1. The second-order valence-corrected chi connectivity index (χ2v) is 5.51. The van der Waals surface area contributed by atoms with Crippen molar-refractivity contribution in [2.75, 3.05) is 18.9 Å². The maximum atomic E-state index is 12.5. The summed E-state index contributed by atoms with van der Waals surface area (Å²) in [4.78, 5) is 18.3. The Labute approximate surface area is 120 Å². The standard InChI is InChI=1S/C14H22ClN3O/c1-6-14(3,4)18(5)13(19)10-8-11(15)17-12(9-10)16-7-2/h8-9H,6-7H2,1-5H3,(H,16,17). The number of aromatic nitrogens is 1. The van der Waals surface area contributed by atoms with Gasteiger partial charge in [0.15, 0.2) is 0 Å². The van der Waals surface area contributed by atoms with Crippen molar-refractivity contribution in [1.82, 2.24) is 9.88 Å². The maximum absolute atomic E-state index is 12.5. The number of nitrogens with zero attached hydrogens (tertiary/aromatic N) is 2. The van der Waals surface area contributed by atoms with Crippen LogP contribution in [0, 0.1) is 0 Å². The highest BCUT2D eigenvalue weighted by atomic mass is 35.5. The van der Waals surface area contributed by atoms with Crippen molar-refractivity contribution in [2.45, 2.75) is 39.7 Å². The molecule has 4 nitrogen and oxygen atoms in total. The van der Waals surface area contributed by atoms with Crippen molar-refractivity contribution in [3.05, 3.63) is 22.8 Å². The van der Waals surface area contributed by atoms with Gasteiger partial charge in [-0.15, -0.1) is 0 Å². The highest BCUT2D eigenvalue weighted by Crippen LogP contribution is 2.22. The number of carbonyl (C=O) groups excluding carboxylic acids is 1. The van der Waals surface area contributed by atoms with Crippen LogP contribution in [0.25, 0.3) is 0 Å². The summed E-state index contributed by atoms with van der Waals surface area (Å²) in [5.74, 6) is 0.580. The van der Waals surface area contributed by atoms with Crippen LogP contribution in [0.5, 0.6) is 0 Å². The third-order valence-corrected chi connectivity index (χ3v) is 3.67. The monoisotopic (exact) mass is 283 g/mol. The smallest absolute Gasteiger partial charge is 0.254 e. The SMILES string of the molecule is CCNc1cc(C(=O)N(C)C(C)(C)CC)cc(Cl)n1. The average molecular weight is 284 g/mol. The molecule has 19 heavy (non-hydrogen) atoms. The van der Waals surface area contributed by atoms with Crippen LogP contribution >= 0.6 is 11.6 Å². The van der Waals surface area contributed by atoms with Crippen molar-refractivity contribution in [1.29, 1.82) is 0 Å². The Hall–Kier alpha value is -1.29. The number of hydrogen-bond donors (Lipinski definition) is 1. The maximum Gasteiger partial charge on any atom is 0.254 e. The molecule has 0 aliphatic rings. The highest BCUT2D eigenvalue weighted by Gasteiger charge is 2.26. The van der Waals surface area contributed by atoms with Crippen LogP contribution in [-0.2, 0) is 0 Å². The molecule has 1 amide bonds. The van der Waals surface area contributed by atoms with Crippen LogP contribution in [0.1, 0.15) is 44.5 Å². The molecule has 0 spiro atoms. The van der Waals surface area contributed by atoms with E-state index in [1.54, 1.807) is 17.0 Å². The molecular formula is C14H22ClN3O. The number of carbonyl (C=O) groups is 1. The fourth-order valence-electron chi connectivity index (χ4n) is 1.60. The average Bonchev–Trinajstić information content (AvgIpc) is 2.36. The van der Waals surface area contributed by atoms with Gasteiger partial charge in [0.2, 0.25) is 0 Å². The van der Waals surface area contributed by atoms with E-state index >= 15 is 0 Å². The molecule has 0 unspecified atom stereocenters. The molecule has 1 heterocycles. The lowest BCUT2D eigenvalue weighted by molar-refractivity contribution is 0.0620. The van der Waals surface area contributed by atoms with Crippen molar-refractivity contribution < 1.29 is 4.79 Å². The van der Waals surface area contributed by atoms with E-state index in [-0.39, 0.29) is 11.4 Å². The molecule has 0 saturated heterocycles. The lowest BCUT2D eigenvalue weighted by Crippen LogP contribution is -2.44. The van der Waals surface area contributed by atoms with Gasteiger partial charge in [0, 0.05) is 24.7 Å². The number of nitrogens with one attached hydrogen (secondary N) is 1. The van der Waals surface area contributed by atoms with E-state index in [9.17, 15) is 4.79 Å². The number of amides is 1. The summed E-state index contributed by atoms with van der Waals surface area (Å²) in [6.45, 7) is 8.85. The van der Waals surface area contributed by atoms with Gasteiger partial charge >= 0.3 is 0 Å². The van der Waals surface area contributed by atoms with Gasteiger partial charge in [-0.2, -0.15) is 0 Å². The molecule has 0 bridgehead atoms. The Balaban J connectivity index is 3.05. The third-order valence-electron chi connectivity index (χ3n) is 3.48.